The Bertz CT molecular complexity index is 1140. The third kappa shape index (κ3) is 2.66. The Morgan fingerprint density at radius 2 is 1.96 bits per heavy atom. The maximum Gasteiger partial charge on any atom is 0.260 e. The molecule has 4 N–H and O–H groups in total. The summed E-state index contributed by atoms with van der Waals surface area (Å²) in [5, 5.41) is 0.592. The highest BCUT2D eigenvalue weighted by Crippen LogP contribution is 2.38. The minimum atomic E-state index is -0.587. The second-order valence-corrected chi connectivity index (χ2v) is 6.69. The Kier molecular flexibility index (Phi) is 3.81. The topological polar surface area (TPSA) is 121 Å². The van der Waals surface area contributed by atoms with Crippen molar-refractivity contribution in [2.75, 3.05) is 5.73 Å². The fraction of sp³-hybridized carbons (Fsp3) is 0.0556. The summed E-state index contributed by atoms with van der Waals surface area (Å²) in [5.74, 6) is -0.0993. The van der Waals surface area contributed by atoms with Gasteiger partial charge in [0.2, 0.25) is 0 Å². The molecule has 4 aromatic rings. The number of fused-ring (bicyclic) bond motifs is 1. The molecule has 1 amide bonds. The van der Waals surface area contributed by atoms with Crippen LogP contribution in [-0.4, -0.2) is 25.8 Å². The molecule has 0 aromatic carbocycles. The minimum absolute atomic E-state index is 0.270. The highest BCUT2D eigenvalue weighted by atomic mass is 32.1. The number of nitrogens with two attached hydrogens (primary N) is 2. The van der Waals surface area contributed by atoms with Crippen LogP contribution in [0.25, 0.3) is 33.0 Å². The highest BCUT2D eigenvalue weighted by molar-refractivity contribution is 7.21. The summed E-state index contributed by atoms with van der Waals surface area (Å²) in [5.41, 5.74) is 14.8. The van der Waals surface area contributed by atoms with Crippen LogP contribution in [0.4, 0.5) is 5.69 Å². The van der Waals surface area contributed by atoms with Crippen molar-refractivity contribution < 1.29 is 4.79 Å². The van der Waals surface area contributed by atoms with Gasteiger partial charge in [-0.1, -0.05) is 6.07 Å². The fourth-order valence-electron chi connectivity index (χ4n) is 2.69. The zero-order chi connectivity index (χ0) is 18.3. The van der Waals surface area contributed by atoms with E-state index >= 15 is 0 Å². The van der Waals surface area contributed by atoms with Gasteiger partial charge in [-0.25, -0.2) is 9.97 Å². The van der Waals surface area contributed by atoms with Crippen molar-refractivity contribution in [3.63, 3.8) is 0 Å². The third-order valence-corrected chi connectivity index (χ3v) is 4.98. The lowest BCUT2D eigenvalue weighted by Crippen LogP contribution is -2.10. The number of primary amides is 1. The number of pyridine rings is 2. The molecule has 0 saturated heterocycles. The molecule has 0 aliphatic heterocycles. The molecule has 7 nitrogen and oxygen atoms in total. The van der Waals surface area contributed by atoms with Crippen molar-refractivity contribution in [1.29, 1.82) is 0 Å². The van der Waals surface area contributed by atoms with Crippen molar-refractivity contribution in [2.45, 2.75) is 6.92 Å². The van der Waals surface area contributed by atoms with Crippen LogP contribution in [0.2, 0.25) is 0 Å². The van der Waals surface area contributed by atoms with Crippen LogP contribution < -0.4 is 11.5 Å². The lowest BCUT2D eigenvalue weighted by Gasteiger charge is -2.07. The summed E-state index contributed by atoms with van der Waals surface area (Å²) in [4.78, 5) is 30.5. The SMILES string of the molecule is Cc1cccc(-c2nc(-c3cccnc3)nc3sc(C(N)=O)c(N)c23)n1. The van der Waals surface area contributed by atoms with Crippen LogP contribution in [0.5, 0.6) is 0 Å². The summed E-state index contributed by atoms with van der Waals surface area (Å²) in [6.07, 6.45) is 3.36. The molecule has 0 fully saturated rings. The van der Waals surface area contributed by atoms with E-state index in [2.05, 4.69) is 19.9 Å². The number of nitrogen functional groups attached to an aromatic ring is 1. The summed E-state index contributed by atoms with van der Waals surface area (Å²) in [6, 6.07) is 9.32. The fourth-order valence-corrected chi connectivity index (χ4v) is 3.64. The van der Waals surface area contributed by atoms with E-state index in [0.717, 1.165) is 22.6 Å². The Morgan fingerprint density at radius 1 is 1.12 bits per heavy atom. The summed E-state index contributed by atoms with van der Waals surface area (Å²) < 4.78 is 0. The van der Waals surface area contributed by atoms with Gasteiger partial charge in [0.15, 0.2) is 5.82 Å². The molecule has 8 heteroatoms. The lowest BCUT2D eigenvalue weighted by molar-refractivity contribution is 0.100. The first kappa shape index (κ1) is 16.1. The molecule has 0 radical (unpaired) electrons. The van der Waals surface area contributed by atoms with Gasteiger partial charge in [0.25, 0.3) is 5.91 Å². The molecule has 4 rings (SSSR count). The number of rotatable bonds is 3. The summed E-state index contributed by atoms with van der Waals surface area (Å²) >= 11 is 1.16. The first-order valence-corrected chi connectivity index (χ1v) is 8.60. The average molecular weight is 362 g/mol. The van der Waals surface area contributed by atoms with E-state index in [0.29, 0.717) is 27.4 Å². The van der Waals surface area contributed by atoms with Crippen LogP contribution in [0.1, 0.15) is 15.4 Å². The highest BCUT2D eigenvalue weighted by Gasteiger charge is 2.21. The number of carbonyl (C=O) groups excluding carboxylic acids is 1. The van der Waals surface area contributed by atoms with Gasteiger partial charge in [-0.05, 0) is 31.2 Å². The van der Waals surface area contributed by atoms with E-state index < -0.39 is 5.91 Å². The molecule has 0 aliphatic rings. The standard InChI is InChI=1S/C18H14N6OS/c1-9-4-2-6-11(22-9)14-12-13(19)15(16(20)25)26-18(12)24-17(23-14)10-5-3-7-21-8-10/h2-8H,19H2,1H3,(H2,20,25). The molecule has 0 saturated carbocycles. The maximum atomic E-state index is 11.7. The van der Waals surface area contributed by atoms with E-state index in [4.69, 9.17) is 11.5 Å². The normalized spacial score (nSPS) is 11.0. The van der Waals surface area contributed by atoms with Crippen LogP contribution in [0, 0.1) is 6.92 Å². The summed E-state index contributed by atoms with van der Waals surface area (Å²) in [7, 11) is 0. The maximum absolute atomic E-state index is 11.7. The zero-order valence-corrected chi connectivity index (χ0v) is 14.6. The predicted octanol–water partition coefficient (Wildman–Crippen LogP) is 2.80. The largest absolute Gasteiger partial charge is 0.397 e. The van der Waals surface area contributed by atoms with Gasteiger partial charge in [-0.2, -0.15) is 0 Å². The van der Waals surface area contributed by atoms with Gasteiger partial charge in [0.05, 0.1) is 16.8 Å². The number of aryl methyl sites for hydroxylation is 1. The first-order chi connectivity index (χ1) is 12.5. The number of hydrogen-bond acceptors (Lipinski definition) is 7. The number of amides is 1. The van der Waals surface area contributed by atoms with E-state index in [9.17, 15) is 4.79 Å². The second-order valence-electron chi connectivity index (χ2n) is 5.69. The first-order valence-electron chi connectivity index (χ1n) is 7.79. The van der Waals surface area contributed by atoms with Gasteiger partial charge in [0, 0.05) is 23.7 Å². The molecule has 4 aromatic heterocycles. The van der Waals surface area contributed by atoms with Crippen molar-refractivity contribution in [1.82, 2.24) is 19.9 Å². The van der Waals surface area contributed by atoms with E-state index in [1.807, 2.05) is 37.3 Å². The molecule has 0 atom stereocenters. The molecule has 0 spiro atoms. The molecular weight excluding hydrogens is 348 g/mol. The van der Waals surface area contributed by atoms with Crippen molar-refractivity contribution >= 4 is 33.1 Å². The molecule has 26 heavy (non-hydrogen) atoms. The number of carbonyl (C=O) groups is 1. The smallest absolute Gasteiger partial charge is 0.260 e. The Hall–Kier alpha value is -3.39. The van der Waals surface area contributed by atoms with Crippen LogP contribution >= 0.6 is 11.3 Å². The molecule has 0 bridgehead atoms. The van der Waals surface area contributed by atoms with E-state index in [-0.39, 0.29) is 10.6 Å². The van der Waals surface area contributed by atoms with Crippen molar-refractivity contribution in [3.05, 3.63) is 53.3 Å². The van der Waals surface area contributed by atoms with Gasteiger partial charge >= 0.3 is 0 Å². The van der Waals surface area contributed by atoms with Gasteiger partial charge in [-0.3, -0.25) is 14.8 Å². The summed E-state index contributed by atoms with van der Waals surface area (Å²) in [6.45, 7) is 1.90. The van der Waals surface area contributed by atoms with Crippen molar-refractivity contribution in [3.8, 4) is 22.8 Å². The van der Waals surface area contributed by atoms with Crippen LogP contribution in [0.3, 0.4) is 0 Å². The second kappa shape index (κ2) is 6.16. The molecular formula is C18H14N6OS. The Labute approximate surface area is 152 Å². The van der Waals surface area contributed by atoms with Crippen molar-refractivity contribution in [2.24, 2.45) is 5.73 Å². The third-order valence-electron chi connectivity index (χ3n) is 3.86. The molecule has 0 unspecified atom stereocenters. The van der Waals surface area contributed by atoms with Gasteiger partial charge < -0.3 is 11.5 Å². The predicted molar refractivity (Wildman–Crippen MR) is 102 cm³/mol. The van der Waals surface area contributed by atoms with E-state index in [1.54, 1.807) is 12.4 Å². The number of hydrogen-bond donors (Lipinski definition) is 2. The van der Waals surface area contributed by atoms with Crippen LogP contribution in [0.15, 0.2) is 42.7 Å². The molecule has 128 valence electrons. The zero-order valence-electron chi connectivity index (χ0n) is 13.8. The number of thiophene rings is 1. The molecule has 4 heterocycles. The Morgan fingerprint density at radius 3 is 2.65 bits per heavy atom. The lowest BCUT2D eigenvalue weighted by atomic mass is 10.1. The number of anilines is 1. The Balaban J connectivity index is 2.08. The minimum Gasteiger partial charge on any atom is -0.397 e. The van der Waals surface area contributed by atoms with Gasteiger partial charge in [-0.15, -0.1) is 11.3 Å². The number of nitrogens with zero attached hydrogens (tertiary/aromatic N) is 4. The van der Waals surface area contributed by atoms with E-state index in [1.165, 1.54) is 0 Å². The van der Waals surface area contributed by atoms with Crippen LogP contribution in [-0.2, 0) is 0 Å². The average Bonchev–Trinajstić information content (AvgIpc) is 2.99. The monoisotopic (exact) mass is 362 g/mol. The number of aromatic nitrogens is 4. The quantitative estimate of drug-likeness (QED) is 0.578. The van der Waals surface area contributed by atoms with Gasteiger partial charge in [0.1, 0.15) is 15.4 Å². The molecule has 0 aliphatic carbocycles.